The number of benzene rings is 1. The third-order valence-electron chi connectivity index (χ3n) is 4.68. The first-order valence-corrected chi connectivity index (χ1v) is 9.57. The largest absolute Gasteiger partial charge is 0.368 e. The highest BCUT2D eigenvalue weighted by atomic mass is 15.3. The molecule has 0 bridgehead atoms. The van der Waals surface area contributed by atoms with Crippen LogP contribution >= 0.6 is 0 Å². The molecule has 0 spiro atoms. The molecule has 1 fully saturated rings. The molecule has 3 rings (SSSR count). The molecule has 6 nitrogen and oxygen atoms in total. The number of anilines is 1. The van der Waals surface area contributed by atoms with Gasteiger partial charge >= 0.3 is 0 Å². The Labute approximate surface area is 156 Å². The molecule has 26 heavy (non-hydrogen) atoms. The van der Waals surface area contributed by atoms with E-state index in [0.29, 0.717) is 0 Å². The molecule has 0 saturated carbocycles. The van der Waals surface area contributed by atoms with Crippen LogP contribution in [0.1, 0.15) is 18.9 Å². The van der Waals surface area contributed by atoms with Crippen molar-refractivity contribution in [1.82, 2.24) is 20.0 Å². The lowest BCUT2D eigenvalue weighted by molar-refractivity contribution is 0.372. The molecule has 1 aromatic carbocycles. The van der Waals surface area contributed by atoms with Crippen LogP contribution in [0.3, 0.4) is 0 Å². The molecule has 2 heterocycles. The smallest absolute Gasteiger partial charge is 0.194 e. The third kappa shape index (κ3) is 5.00. The molecule has 0 unspecified atom stereocenters. The van der Waals surface area contributed by atoms with Crippen LogP contribution in [-0.2, 0) is 13.5 Å². The van der Waals surface area contributed by atoms with Gasteiger partial charge in [0.1, 0.15) is 0 Å². The van der Waals surface area contributed by atoms with Gasteiger partial charge in [-0.1, -0.05) is 18.2 Å². The van der Waals surface area contributed by atoms with Crippen molar-refractivity contribution in [3.8, 4) is 0 Å². The molecule has 0 radical (unpaired) electrons. The molecule has 0 aliphatic carbocycles. The first-order valence-electron chi connectivity index (χ1n) is 9.57. The SMILES string of the molecule is CCNC(=NCCCc1cnn(C)c1)N1CCN(c2ccccc2)CC1. The number of para-hydroxylation sites is 1. The molecule has 1 N–H and O–H groups in total. The normalized spacial score (nSPS) is 15.4. The quantitative estimate of drug-likeness (QED) is 0.491. The van der Waals surface area contributed by atoms with Crippen molar-refractivity contribution in [2.45, 2.75) is 19.8 Å². The van der Waals surface area contributed by atoms with Crippen molar-refractivity contribution in [1.29, 1.82) is 0 Å². The number of aryl methyl sites for hydroxylation is 2. The van der Waals surface area contributed by atoms with Crippen molar-refractivity contribution < 1.29 is 0 Å². The molecule has 1 aromatic heterocycles. The zero-order valence-corrected chi connectivity index (χ0v) is 15.9. The van der Waals surface area contributed by atoms with Gasteiger partial charge in [0, 0.05) is 58.2 Å². The number of nitrogens with one attached hydrogen (secondary N) is 1. The highest BCUT2D eigenvalue weighted by molar-refractivity contribution is 5.80. The second-order valence-corrected chi connectivity index (χ2v) is 6.67. The minimum Gasteiger partial charge on any atom is -0.368 e. The third-order valence-corrected chi connectivity index (χ3v) is 4.68. The summed E-state index contributed by atoms with van der Waals surface area (Å²) in [5.74, 6) is 1.05. The molecular formula is C20H30N6. The van der Waals surface area contributed by atoms with E-state index in [2.05, 4.69) is 63.7 Å². The van der Waals surface area contributed by atoms with E-state index in [4.69, 9.17) is 4.99 Å². The summed E-state index contributed by atoms with van der Waals surface area (Å²) in [6.07, 6.45) is 6.10. The van der Waals surface area contributed by atoms with Gasteiger partial charge in [0.15, 0.2) is 5.96 Å². The number of rotatable bonds is 6. The van der Waals surface area contributed by atoms with E-state index < -0.39 is 0 Å². The first kappa shape index (κ1) is 18.3. The zero-order chi connectivity index (χ0) is 18.2. The number of nitrogens with zero attached hydrogens (tertiary/aromatic N) is 5. The fraction of sp³-hybridized carbons (Fsp3) is 0.500. The monoisotopic (exact) mass is 354 g/mol. The van der Waals surface area contributed by atoms with Crippen LogP contribution in [0.15, 0.2) is 47.7 Å². The number of guanidine groups is 1. The Bertz CT molecular complexity index is 685. The number of aliphatic imine (C=N–C) groups is 1. The number of hydrogen-bond acceptors (Lipinski definition) is 3. The van der Waals surface area contributed by atoms with Gasteiger partial charge in [0.2, 0.25) is 0 Å². The van der Waals surface area contributed by atoms with E-state index in [9.17, 15) is 0 Å². The molecule has 1 aliphatic heterocycles. The van der Waals surface area contributed by atoms with E-state index in [1.807, 2.05) is 17.9 Å². The molecule has 6 heteroatoms. The van der Waals surface area contributed by atoms with Gasteiger partial charge in [-0.05, 0) is 37.5 Å². The van der Waals surface area contributed by atoms with Crippen molar-refractivity contribution in [3.05, 3.63) is 48.3 Å². The van der Waals surface area contributed by atoms with E-state index >= 15 is 0 Å². The summed E-state index contributed by atoms with van der Waals surface area (Å²) in [4.78, 5) is 9.67. The van der Waals surface area contributed by atoms with Crippen molar-refractivity contribution in [3.63, 3.8) is 0 Å². The van der Waals surface area contributed by atoms with Crippen LogP contribution in [0.25, 0.3) is 0 Å². The lowest BCUT2D eigenvalue weighted by Crippen LogP contribution is -2.52. The Morgan fingerprint density at radius 3 is 2.58 bits per heavy atom. The van der Waals surface area contributed by atoms with Gasteiger partial charge in [-0.3, -0.25) is 9.67 Å². The number of aromatic nitrogens is 2. The summed E-state index contributed by atoms with van der Waals surface area (Å²) >= 11 is 0. The topological polar surface area (TPSA) is 48.7 Å². The van der Waals surface area contributed by atoms with Crippen LogP contribution in [0.4, 0.5) is 5.69 Å². The Hall–Kier alpha value is -2.50. The van der Waals surface area contributed by atoms with E-state index in [1.165, 1.54) is 11.3 Å². The van der Waals surface area contributed by atoms with Crippen LogP contribution in [0, 0.1) is 0 Å². The van der Waals surface area contributed by atoms with Gasteiger partial charge in [-0.25, -0.2) is 0 Å². The molecule has 2 aromatic rings. The predicted molar refractivity (Wildman–Crippen MR) is 108 cm³/mol. The minimum atomic E-state index is 0.843. The van der Waals surface area contributed by atoms with Crippen molar-refractivity contribution in [2.75, 3.05) is 44.2 Å². The summed E-state index contributed by atoms with van der Waals surface area (Å²) in [6, 6.07) is 10.7. The Morgan fingerprint density at radius 1 is 1.15 bits per heavy atom. The zero-order valence-electron chi connectivity index (χ0n) is 15.9. The fourth-order valence-corrected chi connectivity index (χ4v) is 3.31. The van der Waals surface area contributed by atoms with Gasteiger partial charge in [0.05, 0.1) is 6.20 Å². The lowest BCUT2D eigenvalue weighted by Gasteiger charge is -2.37. The molecule has 0 atom stereocenters. The summed E-state index contributed by atoms with van der Waals surface area (Å²) in [6.45, 7) is 7.95. The maximum atomic E-state index is 4.84. The molecule has 140 valence electrons. The van der Waals surface area contributed by atoms with Crippen molar-refractivity contribution >= 4 is 11.6 Å². The maximum absolute atomic E-state index is 4.84. The van der Waals surface area contributed by atoms with E-state index in [1.54, 1.807) is 0 Å². The highest BCUT2D eigenvalue weighted by Gasteiger charge is 2.19. The molecule has 0 amide bonds. The van der Waals surface area contributed by atoms with Crippen LogP contribution in [0.2, 0.25) is 0 Å². The highest BCUT2D eigenvalue weighted by Crippen LogP contribution is 2.15. The average Bonchev–Trinajstić information content (AvgIpc) is 3.10. The van der Waals surface area contributed by atoms with Gasteiger partial charge in [0.25, 0.3) is 0 Å². The second kappa shape index (κ2) is 9.27. The van der Waals surface area contributed by atoms with Crippen LogP contribution in [0.5, 0.6) is 0 Å². The van der Waals surface area contributed by atoms with Crippen LogP contribution in [-0.4, -0.2) is 59.9 Å². The van der Waals surface area contributed by atoms with Crippen molar-refractivity contribution in [2.24, 2.45) is 12.0 Å². The summed E-state index contributed by atoms with van der Waals surface area (Å²) in [7, 11) is 1.96. The van der Waals surface area contributed by atoms with Gasteiger partial charge in [-0.15, -0.1) is 0 Å². The molecular weight excluding hydrogens is 324 g/mol. The Kier molecular flexibility index (Phi) is 6.52. The number of piperazine rings is 1. The standard InChI is InChI=1S/C20H30N6/c1-3-21-20(22-11-7-8-18-16-23-24(2)17-18)26-14-12-25(13-15-26)19-9-5-4-6-10-19/h4-6,9-10,16-17H,3,7-8,11-15H2,1-2H3,(H,21,22). The second-order valence-electron chi connectivity index (χ2n) is 6.67. The van der Waals surface area contributed by atoms with E-state index in [0.717, 1.165) is 58.1 Å². The summed E-state index contributed by atoms with van der Waals surface area (Å²) in [5, 5.41) is 7.67. The number of hydrogen-bond donors (Lipinski definition) is 1. The molecule has 1 aliphatic rings. The van der Waals surface area contributed by atoms with Crippen LogP contribution < -0.4 is 10.2 Å². The Balaban J connectivity index is 1.49. The first-order chi connectivity index (χ1) is 12.8. The minimum absolute atomic E-state index is 0.843. The maximum Gasteiger partial charge on any atom is 0.194 e. The predicted octanol–water partition coefficient (Wildman–Crippen LogP) is 2.14. The fourth-order valence-electron chi connectivity index (χ4n) is 3.31. The average molecular weight is 355 g/mol. The summed E-state index contributed by atoms with van der Waals surface area (Å²) < 4.78 is 1.86. The summed E-state index contributed by atoms with van der Waals surface area (Å²) in [5.41, 5.74) is 2.59. The molecule has 1 saturated heterocycles. The Morgan fingerprint density at radius 2 is 1.92 bits per heavy atom. The van der Waals surface area contributed by atoms with Gasteiger partial charge < -0.3 is 15.1 Å². The lowest BCUT2D eigenvalue weighted by atomic mass is 10.2. The van der Waals surface area contributed by atoms with E-state index in [-0.39, 0.29) is 0 Å². The van der Waals surface area contributed by atoms with Gasteiger partial charge in [-0.2, -0.15) is 5.10 Å².